The Labute approximate surface area is 173 Å². The predicted molar refractivity (Wildman–Crippen MR) is 116 cm³/mol. The van der Waals surface area contributed by atoms with Crippen LogP contribution in [0.5, 0.6) is 5.75 Å². The van der Waals surface area contributed by atoms with Crippen molar-refractivity contribution in [2.24, 2.45) is 0 Å². The molecule has 154 valence electrons. The Balaban J connectivity index is 2.18. The number of fused-ring (bicyclic) bond motifs is 2. The lowest BCUT2D eigenvalue weighted by Gasteiger charge is -2.14. The van der Waals surface area contributed by atoms with Gasteiger partial charge in [0.1, 0.15) is 18.0 Å². The fourth-order valence-corrected chi connectivity index (χ4v) is 3.97. The van der Waals surface area contributed by atoms with Crippen molar-refractivity contribution in [1.82, 2.24) is 14.3 Å². The minimum Gasteiger partial charge on any atom is -0.497 e. The van der Waals surface area contributed by atoms with E-state index in [4.69, 9.17) is 9.84 Å². The van der Waals surface area contributed by atoms with Crippen LogP contribution in [0.25, 0.3) is 32.9 Å². The van der Waals surface area contributed by atoms with Gasteiger partial charge in [0.05, 0.1) is 18.5 Å². The summed E-state index contributed by atoms with van der Waals surface area (Å²) < 4.78 is 8.65. The number of carbonyl (C=O) groups is 1. The zero-order chi connectivity index (χ0) is 21.6. The van der Waals surface area contributed by atoms with Crippen molar-refractivity contribution < 1.29 is 14.6 Å². The van der Waals surface area contributed by atoms with Gasteiger partial charge in [0.2, 0.25) is 0 Å². The fourth-order valence-electron chi connectivity index (χ4n) is 3.97. The quantitative estimate of drug-likeness (QED) is 0.542. The van der Waals surface area contributed by atoms with E-state index in [1.165, 1.54) is 4.68 Å². The summed E-state index contributed by atoms with van der Waals surface area (Å²) in [4.78, 5) is 24.5. The summed E-state index contributed by atoms with van der Waals surface area (Å²) >= 11 is 0. The van der Waals surface area contributed by atoms with E-state index in [-0.39, 0.29) is 18.1 Å². The first-order valence-corrected chi connectivity index (χ1v) is 9.74. The molecule has 0 aliphatic carbocycles. The van der Waals surface area contributed by atoms with Gasteiger partial charge in [-0.1, -0.05) is 18.2 Å². The first kappa shape index (κ1) is 19.7. The molecule has 7 nitrogen and oxygen atoms in total. The van der Waals surface area contributed by atoms with Crippen LogP contribution in [0, 0.1) is 6.92 Å². The number of rotatable bonds is 5. The molecule has 0 unspecified atom stereocenters. The molecule has 1 N–H and O–H groups in total. The van der Waals surface area contributed by atoms with Crippen molar-refractivity contribution in [3.8, 4) is 17.0 Å². The van der Waals surface area contributed by atoms with Gasteiger partial charge in [-0.15, -0.1) is 0 Å². The van der Waals surface area contributed by atoms with E-state index in [0.717, 1.165) is 27.5 Å². The third-order valence-electron chi connectivity index (χ3n) is 5.38. The van der Waals surface area contributed by atoms with Gasteiger partial charge >= 0.3 is 5.97 Å². The SMILES string of the molecule is COc1ccc2c(c1)c(-c1nn(C(C)C)c(=O)c3ccccc13)c(C)n2CC(=O)O. The van der Waals surface area contributed by atoms with E-state index >= 15 is 0 Å². The standard InChI is InChI=1S/C23H23N3O4/c1-13(2)26-23(29)17-8-6-5-7-16(17)22(24-26)21-14(3)25(12-20(27)28)19-10-9-15(30-4)11-18(19)21/h5-11,13H,12H2,1-4H3,(H,27,28). The number of carboxylic acids is 1. The molecule has 0 fully saturated rings. The van der Waals surface area contributed by atoms with E-state index in [1.54, 1.807) is 17.7 Å². The number of hydrogen-bond acceptors (Lipinski definition) is 4. The second kappa shape index (κ2) is 7.33. The van der Waals surface area contributed by atoms with Crippen molar-refractivity contribution in [2.45, 2.75) is 33.4 Å². The topological polar surface area (TPSA) is 86.4 Å². The van der Waals surface area contributed by atoms with Crippen LogP contribution in [0.3, 0.4) is 0 Å². The van der Waals surface area contributed by atoms with Gasteiger partial charge in [0.15, 0.2) is 0 Å². The van der Waals surface area contributed by atoms with Crippen LogP contribution in [0.2, 0.25) is 0 Å². The highest BCUT2D eigenvalue weighted by Gasteiger charge is 2.22. The van der Waals surface area contributed by atoms with Crippen LogP contribution in [0.4, 0.5) is 0 Å². The van der Waals surface area contributed by atoms with Gasteiger partial charge in [-0.25, -0.2) is 4.68 Å². The number of methoxy groups -OCH3 is 1. The summed E-state index contributed by atoms with van der Waals surface area (Å²) in [5, 5.41) is 16.3. The fraction of sp³-hybridized carbons (Fsp3) is 0.261. The molecule has 0 spiro atoms. The molecule has 4 rings (SSSR count). The van der Waals surface area contributed by atoms with Gasteiger partial charge < -0.3 is 14.4 Å². The highest BCUT2D eigenvalue weighted by molar-refractivity contribution is 6.05. The lowest BCUT2D eigenvalue weighted by atomic mass is 10.0. The average molecular weight is 405 g/mol. The predicted octanol–water partition coefficient (Wildman–Crippen LogP) is 4.00. The monoisotopic (exact) mass is 405 g/mol. The number of carboxylic acid groups (broad SMARTS) is 1. The van der Waals surface area contributed by atoms with Crippen molar-refractivity contribution in [1.29, 1.82) is 0 Å². The van der Waals surface area contributed by atoms with E-state index < -0.39 is 5.97 Å². The van der Waals surface area contributed by atoms with E-state index in [2.05, 4.69) is 0 Å². The number of aromatic nitrogens is 3. The van der Waals surface area contributed by atoms with Crippen LogP contribution >= 0.6 is 0 Å². The lowest BCUT2D eigenvalue weighted by molar-refractivity contribution is -0.137. The Morgan fingerprint density at radius 2 is 1.83 bits per heavy atom. The molecule has 2 aromatic carbocycles. The van der Waals surface area contributed by atoms with Crippen molar-refractivity contribution in [3.63, 3.8) is 0 Å². The summed E-state index contributed by atoms with van der Waals surface area (Å²) in [7, 11) is 1.59. The molecule has 4 aromatic rings. The Kier molecular flexibility index (Phi) is 4.81. The van der Waals surface area contributed by atoms with Crippen molar-refractivity contribution in [3.05, 3.63) is 58.5 Å². The van der Waals surface area contributed by atoms with E-state index in [1.807, 2.05) is 57.2 Å². The summed E-state index contributed by atoms with van der Waals surface area (Å²) in [5.74, 6) is -0.264. The molecule has 0 amide bonds. The molecule has 0 saturated heterocycles. The minimum absolute atomic E-state index is 0.122. The lowest BCUT2D eigenvalue weighted by Crippen LogP contribution is -2.25. The summed E-state index contributed by atoms with van der Waals surface area (Å²) in [5.41, 5.74) is 2.86. The largest absolute Gasteiger partial charge is 0.497 e. The zero-order valence-corrected chi connectivity index (χ0v) is 17.3. The van der Waals surface area contributed by atoms with Crippen LogP contribution in [-0.4, -0.2) is 32.5 Å². The Morgan fingerprint density at radius 1 is 1.13 bits per heavy atom. The molecule has 2 aromatic heterocycles. The van der Waals surface area contributed by atoms with Crippen LogP contribution in [-0.2, 0) is 11.3 Å². The molecule has 2 heterocycles. The third-order valence-corrected chi connectivity index (χ3v) is 5.38. The highest BCUT2D eigenvalue weighted by atomic mass is 16.5. The number of aliphatic carboxylic acids is 1. The first-order valence-electron chi connectivity index (χ1n) is 9.74. The third kappa shape index (κ3) is 3.03. The maximum atomic E-state index is 13.0. The minimum atomic E-state index is -0.928. The number of benzene rings is 2. The molecular formula is C23H23N3O4. The van der Waals surface area contributed by atoms with Crippen LogP contribution in [0.1, 0.15) is 25.6 Å². The van der Waals surface area contributed by atoms with Gasteiger partial charge in [-0.3, -0.25) is 9.59 Å². The van der Waals surface area contributed by atoms with Crippen LogP contribution in [0.15, 0.2) is 47.3 Å². The first-order chi connectivity index (χ1) is 14.3. The molecular weight excluding hydrogens is 382 g/mol. The molecule has 0 atom stereocenters. The van der Waals surface area contributed by atoms with Gasteiger partial charge in [-0.2, -0.15) is 5.10 Å². The summed E-state index contributed by atoms with van der Waals surface area (Å²) in [6.45, 7) is 5.54. The highest BCUT2D eigenvalue weighted by Crippen LogP contribution is 2.38. The van der Waals surface area contributed by atoms with Crippen molar-refractivity contribution >= 4 is 27.6 Å². The average Bonchev–Trinajstić information content (AvgIpc) is 2.98. The maximum Gasteiger partial charge on any atom is 0.323 e. The van der Waals surface area contributed by atoms with Gasteiger partial charge in [-0.05, 0) is 45.0 Å². The molecule has 0 radical (unpaired) electrons. The van der Waals surface area contributed by atoms with Gasteiger partial charge in [0, 0.05) is 27.5 Å². The molecule has 30 heavy (non-hydrogen) atoms. The van der Waals surface area contributed by atoms with Crippen molar-refractivity contribution in [2.75, 3.05) is 7.11 Å². The molecule has 7 heteroatoms. The molecule has 0 saturated carbocycles. The number of ether oxygens (including phenoxy) is 1. The van der Waals surface area contributed by atoms with E-state index in [9.17, 15) is 14.7 Å². The Bertz CT molecular complexity index is 1350. The Morgan fingerprint density at radius 3 is 2.47 bits per heavy atom. The Hall–Kier alpha value is -3.61. The number of hydrogen-bond donors (Lipinski definition) is 1. The smallest absolute Gasteiger partial charge is 0.323 e. The summed E-state index contributed by atoms with van der Waals surface area (Å²) in [6, 6.07) is 12.8. The molecule has 0 aliphatic heterocycles. The van der Waals surface area contributed by atoms with Crippen LogP contribution < -0.4 is 10.3 Å². The second-order valence-electron chi connectivity index (χ2n) is 7.56. The van der Waals surface area contributed by atoms with Gasteiger partial charge in [0.25, 0.3) is 5.56 Å². The maximum absolute atomic E-state index is 13.0. The summed E-state index contributed by atoms with van der Waals surface area (Å²) in [6.07, 6.45) is 0. The second-order valence-corrected chi connectivity index (χ2v) is 7.56. The zero-order valence-electron chi connectivity index (χ0n) is 17.3. The van der Waals surface area contributed by atoms with E-state index in [0.29, 0.717) is 16.8 Å². The number of nitrogens with zero attached hydrogens (tertiary/aromatic N) is 3. The molecule has 0 aliphatic rings. The molecule has 0 bridgehead atoms. The normalized spacial score (nSPS) is 11.5.